The third-order valence-corrected chi connectivity index (χ3v) is 4.89. The first-order valence-corrected chi connectivity index (χ1v) is 9.66. The molecule has 1 amide bonds. The summed E-state index contributed by atoms with van der Waals surface area (Å²) >= 11 is 1.18. The Labute approximate surface area is 176 Å². The maximum absolute atomic E-state index is 12.3. The minimum atomic E-state index is -0.439. The van der Waals surface area contributed by atoms with Crippen LogP contribution in [0.4, 0.5) is 5.69 Å². The van der Waals surface area contributed by atoms with Crippen LogP contribution in [0.1, 0.15) is 10.4 Å². The third-order valence-electron chi connectivity index (χ3n) is 3.97. The van der Waals surface area contributed by atoms with E-state index in [4.69, 9.17) is 9.47 Å². The lowest BCUT2D eigenvalue weighted by atomic mass is 10.2. The van der Waals surface area contributed by atoms with Crippen LogP contribution in [-0.4, -0.2) is 59.2 Å². The van der Waals surface area contributed by atoms with E-state index in [2.05, 4.69) is 25.6 Å². The predicted molar refractivity (Wildman–Crippen MR) is 109 cm³/mol. The number of tetrazole rings is 1. The average molecular weight is 429 g/mol. The van der Waals surface area contributed by atoms with Crippen LogP contribution in [0.5, 0.6) is 11.5 Å². The minimum absolute atomic E-state index is 0.0897. The number of methoxy groups -OCH3 is 3. The lowest BCUT2D eigenvalue weighted by molar-refractivity contribution is -0.113. The molecular formula is C19H19N5O5S. The van der Waals surface area contributed by atoms with Crippen molar-refractivity contribution < 1.29 is 23.8 Å². The van der Waals surface area contributed by atoms with Crippen molar-refractivity contribution in [2.24, 2.45) is 0 Å². The monoisotopic (exact) mass is 429 g/mol. The van der Waals surface area contributed by atoms with Crippen molar-refractivity contribution in [2.45, 2.75) is 5.16 Å². The van der Waals surface area contributed by atoms with E-state index < -0.39 is 5.97 Å². The van der Waals surface area contributed by atoms with Crippen molar-refractivity contribution in [3.05, 3.63) is 48.0 Å². The number of nitrogens with one attached hydrogen (secondary N) is 1. The summed E-state index contributed by atoms with van der Waals surface area (Å²) < 4.78 is 16.7. The maximum Gasteiger partial charge on any atom is 0.337 e. The molecule has 0 fully saturated rings. The molecule has 0 radical (unpaired) electrons. The molecule has 10 nitrogen and oxygen atoms in total. The number of nitrogens with zero attached hydrogens (tertiary/aromatic N) is 4. The number of rotatable bonds is 8. The van der Waals surface area contributed by atoms with Crippen molar-refractivity contribution in [1.82, 2.24) is 20.2 Å². The summed E-state index contributed by atoms with van der Waals surface area (Å²) in [6, 6.07) is 11.7. The molecule has 0 saturated carbocycles. The number of benzene rings is 2. The number of carbonyl (C=O) groups is 2. The van der Waals surface area contributed by atoms with Gasteiger partial charge in [0.05, 0.1) is 38.3 Å². The van der Waals surface area contributed by atoms with E-state index in [1.54, 1.807) is 56.7 Å². The lowest BCUT2D eigenvalue weighted by Crippen LogP contribution is -2.14. The van der Waals surface area contributed by atoms with Crippen LogP contribution in [0, 0.1) is 0 Å². The van der Waals surface area contributed by atoms with Gasteiger partial charge in [-0.05, 0) is 46.8 Å². The van der Waals surface area contributed by atoms with Crippen LogP contribution >= 0.6 is 11.8 Å². The second-order valence-electron chi connectivity index (χ2n) is 5.82. The molecule has 1 heterocycles. The molecule has 30 heavy (non-hydrogen) atoms. The number of esters is 1. The van der Waals surface area contributed by atoms with Gasteiger partial charge in [-0.2, -0.15) is 4.68 Å². The minimum Gasteiger partial charge on any atom is -0.493 e. The van der Waals surface area contributed by atoms with Crippen LogP contribution in [0.15, 0.2) is 47.6 Å². The van der Waals surface area contributed by atoms with Gasteiger partial charge in [-0.3, -0.25) is 4.79 Å². The predicted octanol–water partition coefficient (Wildman–Crippen LogP) is 2.20. The van der Waals surface area contributed by atoms with E-state index in [0.29, 0.717) is 33.6 Å². The number of anilines is 1. The molecule has 0 aliphatic heterocycles. The molecule has 0 bridgehead atoms. The van der Waals surface area contributed by atoms with Crippen molar-refractivity contribution in [3.63, 3.8) is 0 Å². The number of aromatic nitrogens is 4. The molecule has 0 spiro atoms. The van der Waals surface area contributed by atoms with Crippen LogP contribution < -0.4 is 14.8 Å². The van der Waals surface area contributed by atoms with Crippen LogP contribution in [-0.2, 0) is 9.53 Å². The average Bonchev–Trinajstić information content (AvgIpc) is 3.25. The Morgan fingerprint density at radius 3 is 2.43 bits per heavy atom. The highest BCUT2D eigenvalue weighted by molar-refractivity contribution is 7.99. The van der Waals surface area contributed by atoms with E-state index in [1.165, 1.54) is 23.6 Å². The van der Waals surface area contributed by atoms with Crippen LogP contribution in [0.2, 0.25) is 0 Å². The van der Waals surface area contributed by atoms with Gasteiger partial charge in [-0.1, -0.05) is 11.8 Å². The van der Waals surface area contributed by atoms with E-state index in [-0.39, 0.29) is 11.7 Å². The molecule has 0 unspecified atom stereocenters. The number of carbonyl (C=O) groups excluding carboxylic acids is 2. The van der Waals surface area contributed by atoms with Crippen LogP contribution in [0.25, 0.3) is 5.69 Å². The SMILES string of the molecule is COC(=O)c1ccc(NC(=O)CSc2nnnn2-c2ccc(OC)c(OC)c2)cc1. The molecule has 0 saturated heterocycles. The molecular weight excluding hydrogens is 410 g/mol. The lowest BCUT2D eigenvalue weighted by Gasteiger charge is -2.10. The number of amides is 1. The van der Waals surface area contributed by atoms with Gasteiger partial charge in [0.15, 0.2) is 11.5 Å². The smallest absolute Gasteiger partial charge is 0.337 e. The fraction of sp³-hybridized carbons (Fsp3) is 0.211. The molecule has 156 valence electrons. The molecule has 0 aliphatic carbocycles. The molecule has 0 atom stereocenters. The standard InChI is InChI=1S/C19H19N5O5S/c1-27-15-9-8-14(10-16(15)28-2)24-19(21-22-23-24)30-11-17(25)20-13-6-4-12(5-7-13)18(26)29-3/h4-10H,11H2,1-3H3,(H,20,25). The highest BCUT2D eigenvalue weighted by Gasteiger charge is 2.14. The van der Waals surface area contributed by atoms with Crippen molar-refractivity contribution >= 4 is 29.3 Å². The quantitative estimate of drug-likeness (QED) is 0.425. The third kappa shape index (κ3) is 4.87. The van der Waals surface area contributed by atoms with Gasteiger partial charge >= 0.3 is 5.97 Å². The van der Waals surface area contributed by atoms with E-state index >= 15 is 0 Å². The molecule has 0 aliphatic rings. The Hall–Kier alpha value is -3.60. The summed E-state index contributed by atoms with van der Waals surface area (Å²) in [7, 11) is 4.40. The van der Waals surface area contributed by atoms with Crippen molar-refractivity contribution in [3.8, 4) is 17.2 Å². The zero-order valence-corrected chi connectivity index (χ0v) is 17.3. The molecule has 1 aromatic heterocycles. The summed E-state index contributed by atoms with van der Waals surface area (Å²) in [6.45, 7) is 0. The summed E-state index contributed by atoms with van der Waals surface area (Å²) in [6.07, 6.45) is 0. The zero-order valence-electron chi connectivity index (χ0n) is 16.5. The van der Waals surface area contributed by atoms with Crippen molar-refractivity contribution in [1.29, 1.82) is 0 Å². The summed E-state index contributed by atoms with van der Waals surface area (Å²) in [5, 5.41) is 14.8. The second-order valence-corrected chi connectivity index (χ2v) is 6.76. The summed E-state index contributed by atoms with van der Waals surface area (Å²) in [4.78, 5) is 23.7. The van der Waals surface area contributed by atoms with Gasteiger partial charge in [0.1, 0.15) is 0 Å². The molecule has 2 aromatic carbocycles. The number of thioether (sulfide) groups is 1. The molecule has 3 aromatic rings. The normalized spacial score (nSPS) is 10.4. The highest BCUT2D eigenvalue weighted by Crippen LogP contribution is 2.30. The second kappa shape index (κ2) is 9.74. The van der Waals surface area contributed by atoms with E-state index in [0.717, 1.165) is 0 Å². The Balaban J connectivity index is 1.64. The Bertz CT molecular complexity index is 1040. The van der Waals surface area contributed by atoms with Gasteiger partial charge in [0.2, 0.25) is 11.1 Å². The number of hydrogen-bond acceptors (Lipinski definition) is 9. The van der Waals surface area contributed by atoms with Crippen LogP contribution in [0.3, 0.4) is 0 Å². The largest absolute Gasteiger partial charge is 0.493 e. The van der Waals surface area contributed by atoms with Gasteiger partial charge in [0, 0.05) is 11.8 Å². The summed E-state index contributed by atoms with van der Waals surface area (Å²) in [5.41, 5.74) is 1.63. The zero-order chi connectivity index (χ0) is 21.5. The first-order chi connectivity index (χ1) is 14.5. The first kappa shape index (κ1) is 21.1. The van der Waals surface area contributed by atoms with E-state index in [9.17, 15) is 9.59 Å². The Morgan fingerprint density at radius 2 is 1.77 bits per heavy atom. The Kier molecular flexibility index (Phi) is 6.86. The topological polar surface area (TPSA) is 117 Å². The van der Waals surface area contributed by atoms with Gasteiger partial charge in [0.25, 0.3) is 0 Å². The van der Waals surface area contributed by atoms with E-state index in [1.807, 2.05) is 0 Å². The fourth-order valence-electron chi connectivity index (χ4n) is 2.52. The van der Waals surface area contributed by atoms with Crippen molar-refractivity contribution in [2.75, 3.05) is 32.4 Å². The maximum atomic E-state index is 12.3. The van der Waals surface area contributed by atoms with Gasteiger partial charge in [-0.15, -0.1) is 5.10 Å². The molecule has 3 rings (SSSR count). The summed E-state index contributed by atoms with van der Waals surface area (Å²) in [5.74, 6) is 0.528. The van der Waals surface area contributed by atoms with Gasteiger partial charge < -0.3 is 19.5 Å². The first-order valence-electron chi connectivity index (χ1n) is 8.67. The molecule has 11 heteroatoms. The number of ether oxygens (including phenoxy) is 3. The highest BCUT2D eigenvalue weighted by atomic mass is 32.2. The van der Waals surface area contributed by atoms with Gasteiger partial charge in [-0.25, -0.2) is 4.79 Å². The Morgan fingerprint density at radius 1 is 1.03 bits per heavy atom. The fourth-order valence-corrected chi connectivity index (χ4v) is 3.21. The number of hydrogen-bond donors (Lipinski definition) is 1. The molecule has 1 N–H and O–H groups in total.